The minimum atomic E-state index is -4.55. The highest BCUT2D eigenvalue weighted by molar-refractivity contribution is 5.02. The van der Waals surface area contributed by atoms with Gasteiger partial charge in [0.1, 0.15) is 11.5 Å². The summed E-state index contributed by atoms with van der Waals surface area (Å²) in [5.74, 6) is -0.206. The Kier molecular flexibility index (Phi) is 13.4. The van der Waals surface area contributed by atoms with E-state index in [2.05, 4.69) is 6.92 Å². The second kappa shape index (κ2) is 14.0. The number of halogens is 6. The molecule has 0 aliphatic rings. The molecule has 0 radical (unpaired) electrons. The third-order valence-corrected chi connectivity index (χ3v) is 3.90. The number of ether oxygens (including phenoxy) is 2. The lowest BCUT2D eigenvalue weighted by Gasteiger charge is -2.19. The number of hydrogen-bond acceptors (Lipinski definition) is 2. The van der Waals surface area contributed by atoms with Gasteiger partial charge in [-0.05, 0) is 12.8 Å². The summed E-state index contributed by atoms with van der Waals surface area (Å²) in [6.45, 7) is 0.896. The lowest BCUT2D eigenvalue weighted by Crippen LogP contribution is -2.20. The molecule has 0 aromatic carbocycles. The molecule has 0 spiro atoms. The summed E-state index contributed by atoms with van der Waals surface area (Å²) in [4.78, 5) is 0. The van der Waals surface area contributed by atoms with Crippen molar-refractivity contribution in [1.29, 1.82) is 0 Å². The van der Waals surface area contributed by atoms with E-state index in [0.29, 0.717) is 19.3 Å². The Morgan fingerprint density at radius 1 is 0.556 bits per heavy atom. The maximum absolute atomic E-state index is 12.5. The van der Waals surface area contributed by atoms with Crippen LogP contribution < -0.4 is 0 Å². The van der Waals surface area contributed by atoms with Gasteiger partial charge in [0.05, 0.1) is 0 Å². The molecule has 0 aromatic heterocycles. The Bertz CT molecular complexity index is 402. The molecule has 0 rings (SSSR count). The summed E-state index contributed by atoms with van der Waals surface area (Å²) in [7, 11) is 0. The van der Waals surface area contributed by atoms with Gasteiger partial charge in [0, 0.05) is 12.8 Å². The second-order valence-electron chi connectivity index (χ2n) is 6.63. The molecular weight excluding hydrogens is 374 g/mol. The second-order valence-corrected chi connectivity index (χ2v) is 6.63. The van der Waals surface area contributed by atoms with Gasteiger partial charge in [0.25, 0.3) is 0 Å². The molecule has 0 fully saturated rings. The van der Waals surface area contributed by atoms with Gasteiger partial charge in [0.2, 0.25) is 0 Å². The molecule has 2 nitrogen and oxygen atoms in total. The highest BCUT2D eigenvalue weighted by Crippen LogP contribution is 2.26. The zero-order chi connectivity index (χ0) is 20.8. The minimum Gasteiger partial charge on any atom is -0.485 e. The van der Waals surface area contributed by atoms with Crippen molar-refractivity contribution >= 4 is 0 Å². The van der Waals surface area contributed by atoms with Gasteiger partial charge < -0.3 is 9.47 Å². The number of hydrogen-bond donors (Lipinski definition) is 0. The Hall–Kier alpha value is -1.08. The van der Waals surface area contributed by atoms with Crippen molar-refractivity contribution in [2.75, 3.05) is 13.2 Å². The molecule has 0 heterocycles. The van der Waals surface area contributed by atoms with Crippen LogP contribution in [0.25, 0.3) is 0 Å². The van der Waals surface area contributed by atoms with E-state index in [-0.39, 0.29) is 24.4 Å². The molecule has 0 N–H and O–H groups in total. The Balaban J connectivity index is 4.89. The van der Waals surface area contributed by atoms with Gasteiger partial charge in [-0.3, -0.25) is 0 Å². The van der Waals surface area contributed by atoms with E-state index in [1.807, 2.05) is 6.92 Å². The molecule has 0 saturated heterocycles. The highest BCUT2D eigenvalue weighted by atomic mass is 19.4. The van der Waals surface area contributed by atoms with Crippen molar-refractivity contribution in [3.63, 3.8) is 0 Å². The average Bonchev–Trinajstić information content (AvgIpc) is 2.55. The van der Waals surface area contributed by atoms with Crippen LogP contribution in [-0.2, 0) is 9.47 Å². The summed E-state index contributed by atoms with van der Waals surface area (Å²) < 4.78 is 84.5. The van der Waals surface area contributed by atoms with E-state index in [9.17, 15) is 26.3 Å². The summed E-state index contributed by atoms with van der Waals surface area (Å²) in [6, 6.07) is 0. The molecule has 8 heteroatoms. The largest absolute Gasteiger partial charge is 0.485 e. The third kappa shape index (κ3) is 16.8. The number of alkyl halides is 6. The number of unbranched alkanes of at least 4 members (excludes halogenated alkanes) is 7. The SMILES string of the molecule is CCCCCCCCCC(OCC(F)(F)F)=C(CCCC)OCC(F)(F)F. The van der Waals surface area contributed by atoms with Gasteiger partial charge in [-0.15, -0.1) is 0 Å². The average molecular weight is 406 g/mol. The molecule has 0 aliphatic heterocycles. The van der Waals surface area contributed by atoms with E-state index in [4.69, 9.17) is 9.47 Å². The molecule has 0 amide bonds. The number of allylic oxidation sites excluding steroid dienone is 2. The standard InChI is InChI=1S/C19H32F6O2/c1-3-5-7-8-9-10-11-13-17(27-15-19(23,24)25)16(12-6-4-2)26-14-18(20,21)22/h3-15H2,1-2H3. The third-order valence-electron chi connectivity index (χ3n) is 3.90. The lowest BCUT2D eigenvalue weighted by molar-refractivity contribution is -0.173. The van der Waals surface area contributed by atoms with Crippen LogP contribution in [0, 0.1) is 0 Å². The van der Waals surface area contributed by atoms with Crippen LogP contribution in [0.5, 0.6) is 0 Å². The van der Waals surface area contributed by atoms with Crippen LogP contribution in [0.15, 0.2) is 11.5 Å². The van der Waals surface area contributed by atoms with E-state index < -0.39 is 25.6 Å². The first kappa shape index (κ1) is 25.9. The van der Waals surface area contributed by atoms with Crippen LogP contribution in [0.1, 0.15) is 84.5 Å². The van der Waals surface area contributed by atoms with Gasteiger partial charge in [-0.25, -0.2) is 0 Å². The maximum Gasteiger partial charge on any atom is 0.422 e. The minimum absolute atomic E-state index is 0.0985. The summed E-state index contributed by atoms with van der Waals surface area (Å²) >= 11 is 0. The zero-order valence-corrected chi connectivity index (χ0v) is 16.3. The van der Waals surface area contributed by atoms with Crippen molar-refractivity contribution in [2.45, 2.75) is 96.8 Å². The molecule has 0 aromatic rings. The van der Waals surface area contributed by atoms with Crippen LogP contribution in [0.3, 0.4) is 0 Å². The van der Waals surface area contributed by atoms with Gasteiger partial charge in [-0.1, -0.05) is 58.8 Å². The molecule has 0 unspecified atom stereocenters. The van der Waals surface area contributed by atoms with Crippen LogP contribution in [0.2, 0.25) is 0 Å². The molecule has 162 valence electrons. The fourth-order valence-corrected chi connectivity index (χ4v) is 2.50. The monoisotopic (exact) mass is 406 g/mol. The van der Waals surface area contributed by atoms with Crippen LogP contribution in [-0.4, -0.2) is 25.6 Å². The van der Waals surface area contributed by atoms with Gasteiger partial charge >= 0.3 is 12.4 Å². The first-order valence-corrected chi connectivity index (χ1v) is 9.70. The smallest absolute Gasteiger partial charge is 0.422 e. The van der Waals surface area contributed by atoms with E-state index in [0.717, 1.165) is 38.5 Å². The normalized spacial score (nSPS) is 13.5. The van der Waals surface area contributed by atoms with Crippen molar-refractivity contribution in [2.24, 2.45) is 0 Å². The molecule has 27 heavy (non-hydrogen) atoms. The van der Waals surface area contributed by atoms with Crippen molar-refractivity contribution in [3.8, 4) is 0 Å². The van der Waals surface area contributed by atoms with Crippen molar-refractivity contribution in [3.05, 3.63) is 11.5 Å². The molecule has 0 saturated carbocycles. The highest BCUT2D eigenvalue weighted by Gasteiger charge is 2.31. The van der Waals surface area contributed by atoms with Crippen LogP contribution in [0.4, 0.5) is 26.3 Å². The Morgan fingerprint density at radius 2 is 0.926 bits per heavy atom. The fourth-order valence-electron chi connectivity index (χ4n) is 2.50. The Morgan fingerprint density at radius 3 is 1.33 bits per heavy atom. The maximum atomic E-state index is 12.5. The molecule has 0 atom stereocenters. The van der Waals surface area contributed by atoms with Gasteiger partial charge in [0.15, 0.2) is 13.2 Å². The number of rotatable bonds is 15. The van der Waals surface area contributed by atoms with E-state index >= 15 is 0 Å². The van der Waals surface area contributed by atoms with E-state index in [1.54, 1.807) is 0 Å². The van der Waals surface area contributed by atoms with Gasteiger partial charge in [-0.2, -0.15) is 26.3 Å². The van der Waals surface area contributed by atoms with Crippen LogP contribution >= 0.6 is 0 Å². The quantitative estimate of drug-likeness (QED) is 0.158. The molecule has 0 bridgehead atoms. The molecule has 0 aliphatic carbocycles. The summed E-state index contributed by atoms with van der Waals surface area (Å²) in [5, 5.41) is 0. The summed E-state index contributed by atoms with van der Waals surface area (Å²) in [6.07, 6.45) is -0.890. The van der Waals surface area contributed by atoms with Crippen molar-refractivity contribution in [1.82, 2.24) is 0 Å². The van der Waals surface area contributed by atoms with Crippen molar-refractivity contribution < 1.29 is 35.8 Å². The lowest BCUT2D eigenvalue weighted by atomic mass is 10.1. The first-order chi connectivity index (χ1) is 12.6. The van der Waals surface area contributed by atoms with E-state index in [1.165, 1.54) is 0 Å². The fraction of sp³-hybridized carbons (Fsp3) is 0.895. The predicted molar refractivity (Wildman–Crippen MR) is 93.2 cm³/mol. The predicted octanol–water partition coefficient (Wildman–Crippen LogP) is 7.69. The Labute approximate surface area is 158 Å². The zero-order valence-electron chi connectivity index (χ0n) is 16.3. The topological polar surface area (TPSA) is 18.5 Å². The first-order valence-electron chi connectivity index (χ1n) is 9.70. The molecular formula is C19H32F6O2. The summed E-state index contributed by atoms with van der Waals surface area (Å²) in [5.41, 5.74) is 0.